The Bertz CT molecular complexity index is 31.5. The van der Waals surface area contributed by atoms with E-state index in [0.717, 1.165) is 12.8 Å². The summed E-state index contributed by atoms with van der Waals surface area (Å²) in [7, 11) is 0. The summed E-state index contributed by atoms with van der Waals surface area (Å²) in [6, 6.07) is 0. The summed E-state index contributed by atoms with van der Waals surface area (Å²) >= 11 is 0. The van der Waals surface area contributed by atoms with Crippen LogP contribution in [0.5, 0.6) is 0 Å². The standard InChI is InChI=1S/C6H13O2/c1-2-3-5-8-6-4-7/h5,7H,2-4,6H2,1H3. The highest BCUT2D eigenvalue weighted by atomic mass is 16.5. The highest BCUT2D eigenvalue weighted by Gasteiger charge is 1.83. The first-order chi connectivity index (χ1) is 3.91. The molecule has 0 bridgehead atoms. The summed E-state index contributed by atoms with van der Waals surface area (Å²) in [6.45, 7) is 4.36. The molecule has 0 spiro atoms. The van der Waals surface area contributed by atoms with Crippen LogP contribution in [0.2, 0.25) is 0 Å². The maximum Gasteiger partial charge on any atom is 0.0837 e. The number of hydrogen-bond acceptors (Lipinski definition) is 2. The van der Waals surface area contributed by atoms with Crippen LogP contribution >= 0.6 is 0 Å². The van der Waals surface area contributed by atoms with Crippen molar-refractivity contribution >= 4 is 0 Å². The van der Waals surface area contributed by atoms with Crippen LogP contribution < -0.4 is 0 Å². The summed E-state index contributed by atoms with van der Waals surface area (Å²) < 4.78 is 4.85. The molecule has 0 saturated carbocycles. The van der Waals surface area contributed by atoms with Gasteiger partial charge < -0.3 is 9.84 Å². The maximum absolute atomic E-state index is 8.22. The third-order valence-corrected chi connectivity index (χ3v) is 0.734. The van der Waals surface area contributed by atoms with Crippen LogP contribution in [-0.2, 0) is 4.74 Å². The number of ether oxygens (including phenoxy) is 1. The average molecular weight is 117 g/mol. The van der Waals surface area contributed by atoms with Crippen molar-refractivity contribution in [3.63, 3.8) is 0 Å². The van der Waals surface area contributed by atoms with E-state index in [0.29, 0.717) is 6.61 Å². The summed E-state index contributed by atoms with van der Waals surface area (Å²) in [5, 5.41) is 8.22. The fourth-order valence-electron chi connectivity index (χ4n) is 0.337. The maximum atomic E-state index is 8.22. The molecule has 0 unspecified atom stereocenters. The van der Waals surface area contributed by atoms with Crippen LogP contribution in [0.15, 0.2) is 0 Å². The van der Waals surface area contributed by atoms with E-state index in [1.54, 1.807) is 6.61 Å². The molecule has 8 heavy (non-hydrogen) atoms. The van der Waals surface area contributed by atoms with Crippen molar-refractivity contribution in [2.24, 2.45) is 0 Å². The molecule has 1 N–H and O–H groups in total. The van der Waals surface area contributed by atoms with Crippen LogP contribution in [0.25, 0.3) is 0 Å². The Morgan fingerprint density at radius 3 is 2.88 bits per heavy atom. The van der Waals surface area contributed by atoms with E-state index >= 15 is 0 Å². The van der Waals surface area contributed by atoms with Gasteiger partial charge in [0.25, 0.3) is 0 Å². The van der Waals surface area contributed by atoms with E-state index in [9.17, 15) is 0 Å². The van der Waals surface area contributed by atoms with Crippen molar-refractivity contribution in [1.82, 2.24) is 0 Å². The van der Waals surface area contributed by atoms with Crippen LogP contribution in [-0.4, -0.2) is 18.3 Å². The third-order valence-electron chi connectivity index (χ3n) is 0.734. The van der Waals surface area contributed by atoms with Crippen LogP contribution in [0.3, 0.4) is 0 Å². The summed E-state index contributed by atoms with van der Waals surface area (Å²) in [6.07, 6.45) is 2.07. The van der Waals surface area contributed by atoms with Gasteiger partial charge in [0.05, 0.1) is 19.8 Å². The lowest BCUT2D eigenvalue weighted by molar-refractivity contribution is 0.132. The number of rotatable bonds is 5. The molecule has 0 atom stereocenters. The Balaban J connectivity index is 2.53. The minimum absolute atomic E-state index is 0.111. The van der Waals surface area contributed by atoms with Gasteiger partial charge in [-0.1, -0.05) is 13.3 Å². The van der Waals surface area contributed by atoms with Gasteiger partial charge in [0.2, 0.25) is 0 Å². The van der Waals surface area contributed by atoms with Gasteiger partial charge in [-0.25, -0.2) is 0 Å². The van der Waals surface area contributed by atoms with E-state index in [1.165, 1.54) is 0 Å². The highest BCUT2D eigenvalue weighted by Crippen LogP contribution is 1.91. The molecular weight excluding hydrogens is 104 g/mol. The van der Waals surface area contributed by atoms with Crippen LogP contribution in [0.1, 0.15) is 19.8 Å². The van der Waals surface area contributed by atoms with Gasteiger partial charge >= 0.3 is 0 Å². The second kappa shape index (κ2) is 6.92. The van der Waals surface area contributed by atoms with Crippen molar-refractivity contribution in [3.05, 3.63) is 6.61 Å². The molecule has 2 nitrogen and oxygen atoms in total. The fraction of sp³-hybridized carbons (Fsp3) is 0.833. The third kappa shape index (κ3) is 5.92. The Kier molecular flexibility index (Phi) is 6.85. The van der Waals surface area contributed by atoms with Crippen molar-refractivity contribution in [2.45, 2.75) is 19.8 Å². The van der Waals surface area contributed by atoms with Gasteiger partial charge in [-0.15, -0.1) is 0 Å². The van der Waals surface area contributed by atoms with Gasteiger partial charge in [0.15, 0.2) is 0 Å². The van der Waals surface area contributed by atoms with Crippen LogP contribution in [0, 0.1) is 6.61 Å². The zero-order chi connectivity index (χ0) is 6.24. The zero-order valence-corrected chi connectivity index (χ0v) is 5.26. The second-order valence-electron chi connectivity index (χ2n) is 1.55. The summed E-state index contributed by atoms with van der Waals surface area (Å²) in [5.74, 6) is 0. The van der Waals surface area contributed by atoms with E-state index in [-0.39, 0.29) is 6.61 Å². The molecule has 0 aliphatic carbocycles. The smallest absolute Gasteiger partial charge is 0.0837 e. The molecule has 49 valence electrons. The first-order valence-corrected chi connectivity index (χ1v) is 2.96. The molecule has 0 aromatic heterocycles. The minimum Gasteiger partial charge on any atom is -0.394 e. The van der Waals surface area contributed by atoms with E-state index < -0.39 is 0 Å². The number of aliphatic hydroxyl groups is 1. The van der Waals surface area contributed by atoms with E-state index in [2.05, 4.69) is 6.92 Å². The van der Waals surface area contributed by atoms with E-state index in [1.807, 2.05) is 0 Å². The highest BCUT2D eigenvalue weighted by molar-refractivity contribution is 4.46. The summed E-state index contributed by atoms with van der Waals surface area (Å²) in [5.41, 5.74) is 0. The lowest BCUT2D eigenvalue weighted by Crippen LogP contribution is -1.95. The van der Waals surface area contributed by atoms with E-state index in [4.69, 9.17) is 9.84 Å². The topological polar surface area (TPSA) is 29.5 Å². The monoisotopic (exact) mass is 117 g/mol. The number of aliphatic hydroxyl groups excluding tert-OH is 1. The second-order valence-corrected chi connectivity index (χ2v) is 1.55. The van der Waals surface area contributed by atoms with Crippen molar-refractivity contribution in [1.29, 1.82) is 0 Å². The molecule has 0 aliphatic heterocycles. The van der Waals surface area contributed by atoms with Gasteiger partial charge in [-0.3, -0.25) is 0 Å². The van der Waals surface area contributed by atoms with Gasteiger partial charge in [-0.05, 0) is 6.42 Å². The predicted octanol–water partition coefficient (Wildman–Crippen LogP) is 0.957. The molecule has 0 aromatic carbocycles. The largest absolute Gasteiger partial charge is 0.394 e. The molecular formula is C6H13O2. The lowest BCUT2D eigenvalue weighted by Gasteiger charge is -1.96. The number of hydrogen-bond donors (Lipinski definition) is 1. The molecule has 0 aromatic rings. The normalized spacial score (nSPS) is 9.75. The Labute approximate surface area is 50.5 Å². The minimum atomic E-state index is 0.111. The Morgan fingerprint density at radius 2 is 2.38 bits per heavy atom. The average Bonchev–Trinajstić information content (AvgIpc) is 1.81. The van der Waals surface area contributed by atoms with Crippen LogP contribution in [0.4, 0.5) is 0 Å². The van der Waals surface area contributed by atoms with Gasteiger partial charge in [0, 0.05) is 0 Å². The van der Waals surface area contributed by atoms with Gasteiger partial charge in [-0.2, -0.15) is 0 Å². The summed E-state index contributed by atoms with van der Waals surface area (Å²) in [4.78, 5) is 0. The lowest BCUT2D eigenvalue weighted by atomic mass is 10.4. The quantitative estimate of drug-likeness (QED) is 0.543. The first kappa shape index (κ1) is 7.92. The Hall–Kier alpha value is -0.0800. The number of unbranched alkanes of at least 4 members (excludes halogenated alkanes) is 1. The first-order valence-electron chi connectivity index (χ1n) is 2.96. The van der Waals surface area contributed by atoms with Crippen molar-refractivity contribution < 1.29 is 9.84 Å². The predicted molar refractivity (Wildman–Crippen MR) is 32.2 cm³/mol. The molecule has 2 heteroatoms. The van der Waals surface area contributed by atoms with Crippen molar-refractivity contribution in [3.8, 4) is 0 Å². The van der Waals surface area contributed by atoms with Crippen molar-refractivity contribution in [2.75, 3.05) is 13.2 Å². The Morgan fingerprint density at radius 1 is 1.62 bits per heavy atom. The van der Waals surface area contributed by atoms with Gasteiger partial charge in [0.1, 0.15) is 0 Å². The zero-order valence-electron chi connectivity index (χ0n) is 5.26. The molecule has 0 heterocycles. The molecule has 0 amide bonds. The molecule has 1 radical (unpaired) electrons. The SMILES string of the molecule is CCC[CH]OCCO. The molecule has 0 saturated heterocycles. The fourth-order valence-corrected chi connectivity index (χ4v) is 0.337. The molecule has 0 aliphatic rings. The molecule has 0 rings (SSSR count). The molecule has 0 fully saturated rings.